The third kappa shape index (κ3) is 4.28. The Bertz CT molecular complexity index is 1240. The standard InChI is InChI=1S/C27H30N4O4/c1-27(2)34-23-22-16-30(3)31(25(33-22)24(23)35-27)15-17-11-13-19(14-12-17)28-26(32)29-21-10-6-8-18-7-4-5-9-20(18)21/h4-14,22-25H,15-16H2,1-3H3,(H2,28,29,32)/t22-,23-,24-,25-/m1/s1. The molecule has 2 bridgehead atoms. The zero-order valence-corrected chi connectivity index (χ0v) is 20.1. The number of carbonyl (C=O) groups is 1. The third-order valence-corrected chi connectivity index (χ3v) is 6.90. The predicted molar refractivity (Wildman–Crippen MR) is 134 cm³/mol. The summed E-state index contributed by atoms with van der Waals surface area (Å²) in [6, 6.07) is 21.5. The molecule has 8 nitrogen and oxygen atoms in total. The molecule has 3 saturated heterocycles. The molecule has 0 aliphatic carbocycles. The number of fused-ring (bicyclic) bond motifs is 6. The summed E-state index contributed by atoms with van der Waals surface area (Å²) in [6.07, 6.45) is -0.331. The summed E-state index contributed by atoms with van der Waals surface area (Å²) >= 11 is 0. The molecular weight excluding hydrogens is 444 g/mol. The number of urea groups is 1. The number of amides is 2. The molecule has 3 fully saturated rings. The van der Waals surface area contributed by atoms with Crippen molar-refractivity contribution in [2.24, 2.45) is 0 Å². The quantitative estimate of drug-likeness (QED) is 0.584. The molecule has 0 aromatic heterocycles. The van der Waals surface area contributed by atoms with Gasteiger partial charge in [0, 0.05) is 31.2 Å². The van der Waals surface area contributed by atoms with E-state index in [-0.39, 0.29) is 30.6 Å². The van der Waals surface area contributed by atoms with E-state index in [1.54, 1.807) is 0 Å². The number of likely N-dealkylation sites (N-methyl/N-ethyl adjacent to an activating group) is 1. The van der Waals surface area contributed by atoms with Gasteiger partial charge in [0.15, 0.2) is 12.0 Å². The second-order valence-electron chi connectivity index (χ2n) is 9.87. The minimum absolute atomic E-state index is 0.0137. The van der Waals surface area contributed by atoms with Gasteiger partial charge >= 0.3 is 6.03 Å². The minimum atomic E-state index is -0.586. The summed E-state index contributed by atoms with van der Waals surface area (Å²) in [4.78, 5) is 12.6. The van der Waals surface area contributed by atoms with E-state index in [9.17, 15) is 4.79 Å². The highest BCUT2D eigenvalue weighted by Crippen LogP contribution is 2.43. The molecule has 3 aliphatic rings. The fraction of sp³-hybridized carbons (Fsp3) is 0.370. The van der Waals surface area contributed by atoms with Crippen LogP contribution in [-0.4, -0.2) is 60.0 Å². The Kier molecular flexibility index (Phi) is 5.51. The van der Waals surface area contributed by atoms with E-state index in [1.807, 2.05) is 80.6 Å². The van der Waals surface area contributed by atoms with Crippen LogP contribution in [0.5, 0.6) is 0 Å². The average molecular weight is 475 g/mol. The lowest BCUT2D eigenvalue weighted by molar-refractivity contribution is -0.267. The van der Waals surface area contributed by atoms with Gasteiger partial charge in [-0.2, -0.15) is 0 Å². The molecule has 182 valence electrons. The molecule has 35 heavy (non-hydrogen) atoms. The van der Waals surface area contributed by atoms with Gasteiger partial charge in [-0.25, -0.2) is 14.8 Å². The van der Waals surface area contributed by atoms with Crippen molar-refractivity contribution in [2.75, 3.05) is 24.2 Å². The summed E-state index contributed by atoms with van der Waals surface area (Å²) in [7, 11) is 2.07. The largest absolute Gasteiger partial charge is 0.352 e. The molecule has 4 atom stereocenters. The Labute approximate surface area is 204 Å². The summed E-state index contributed by atoms with van der Waals surface area (Å²) in [5.74, 6) is -0.586. The maximum absolute atomic E-state index is 12.6. The predicted octanol–water partition coefficient (Wildman–Crippen LogP) is 4.39. The minimum Gasteiger partial charge on any atom is -0.352 e. The molecule has 2 amide bonds. The van der Waals surface area contributed by atoms with Crippen LogP contribution in [0.1, 0.15) is 19.4 Å². The number of nitrogens with zero attached hydrogens (tertiary/aromatic N) is 2. The third-order valence-electron chi connectivity index (χ3n) is 6.90. The van der Waals surface area contributed by atoms with Crippen LogP contribution in [0, 0.1) is 0 Å². The summed E-state index contributed by atoms with van der Waals surface area (Å²) in [6.45, 7) is 5.34. The molecule has 0 unspecified atom stereocenters. The molecule has 3 aromatic rings. The van der Waals surface area contributed by atoms with E-state index in [4.69, 9.17) is 14.2 Å². The SMILES string of the molecule is CN1C[C@H]2O[C@H]([C@@H]3OC(C)(C)O[C@@H]32)N1Cc1ccc(NC(=O)Nc2cccc3ccccc23)cc1. The summed E-state index contributed by atoms with van der Waals surface area (Å²) in [5, 5.41) is 12.4. The highest BCUT2D eigenvalue weighted by Gasteiger charge is 2.59. The Hall–Kier alpha value is -3.01. The number of rotatable bonds is 4. The average Bonchev–Trinajstić information content (AvgIpc) is 3.29. The molecule has 8 heteroatoms. The van der Waals surface area contributed by atoms with Gasteiger partial charge in [0.2, 0.25) is 0 Å². The van der Waals surface area contributed by atoms with Gasteiger partial charge in [0.25, 0.3) is 0 Å². The molecule has 6 rings (SSSR count). The van der Waals surface area contributed by atoms with Crippen molar-refractivity contribution in [1.82, 2.24) is 10.0 Å². The monoisotopic (exact) mass is 474 g/mol. The summed E-state index contributed by atoms with van der Waals surface area (Å²) < 4.78 is 18.5. The number of hydrogen-bond donors (Lipinski definition) is 2. The Balaban J connectivity index is 1.11. The Morgan fingerprint density at radius 3 is 2.54 bits per heavy atom. The first-order chi connectivity index (χ1) is 16.9. The number of ether oxygens (including phenoxy) is 3. The van der Waals surface area contributed by atoms with Crippen molar-refractivity contribution < 1.29 is 19.0 Å². The highest BCUT2D eigenvalue weighted by molar-refractivity contribution is 6.06. The first kappa shape index (κ1) is 22.5. The second kappa shape index (κ2) is 8.58. The Morgan fingerprint density at radius 2 is 1.71 bits per heavy atom. The highest BCUT2D eigenvalue weighted by atomic mass is 16.8. The Morgan fingerprint density at radius 1 is 0.971 bits per heavy atom. The molecule has 0 saturated carbocycles. The van der Waals surface area contributed by atoms with E-state index in [1.165, 1.54) is 0 Å². The van der Waals surface area contributed by atoms with Gasteiger partial charge in [-0.15, -0.1) is 0 Å². The molecular formula is C27H30N4O4. The van der Waals surface area contributed by atoms with Crippen molar-refractivity contribution in [2.45, 2.75) is 50.7 Å². The number of benzene rings is 3. The zero-order chi connectivity index (χ0) is 24.2. The van der Waals surface area contributed by atoms with E-state index in [0.29, 0.717) is 6.54 Å². The van der Waals surface area contributed by atoms with Crippen molar-refractivity contribution in [1.29, 1.82) is 0 Å². The van der Waals surface area contributed by atoms with Gasteiger partial charge in [-0.1, -0.05) is 48.5 Å². The van der Waals surface area contributed by atoms with Crippen LogP contribution in [0.25, 0.3) is 10.8 Å². The van der Waals surface area contributed by atoms with Gasteiger partial charge in [0.1, 0.15) is 18.3 Å². The number of hydrazine groups is 1. The molecule has 3 aromatic carbocycles. The molecule has 0 spiro atoms. The van der Waals surface area contributed by atoms with Crippen molar-refractivity contribution >= 4 is 28.2 Å². The first-order valence-electron chi connectivity index (χ1n) is 12.0. The van der Waals surface area contributed by atoms with Crippen LogP contribution in [0.15, 0.2) is 66.7 Å². The van der Waals surface area contributed by atoms with Crippen LogP contribution in [0.4, 0.5) is 16.2 Å². The lowest BCUT2D eigenvalue weighted by Gasteiger charge is -2.42. The lowest BCUT2D eigenvalue weighted by Crippen LogP contribution is -2.55. The maximum atomic E-state index is 12.6. The maximum Gasteiger partial charge on any atom is 0.323 e. The zero-order valence-electron chi connectivity index (χ0n) is 20.1. The van der Waals surface area contributed by atoms with Crippen LogP contribution in [0.2, 0.25) is 0 Å². The van der Waals surface area contributed by atoms with Crippen LogP contribution < -0.4 is 10.6 Å². The number of hydrogen-bond acceptors (Lipinski definition) is 6. The van der Waals surface area contributed by atoms with Crippen molar-refractivity contribution in [3.63, 3.8) is 0 Å². The second-order valence-corrected chi connectivity index (χ2v) is 9.87. The van der Waals surface area contributed by atoms with Crippen molar-refractivity contribution in [3.8, 4) is 0 Å². The van der Waals surface area contributed by atoms with Crippen molar-refractivity contribution in [3.05, 3.63) is 72.3 Å². The number of anilines is 2. The number of carbonyl (C=O) groups excluding carboxylic acids is 1. The first-order valence-corrected chi connectivity index (χ1v) is 12.0. The normalized spacial score (nSPS) is 27.6. The van der Waals surface area contributed by atoms with E-state index in [2.05, 4.69) is 27.7 Å². The van der Waals surface area contributed by atoms with Gasteiger partial charge in [0.05, 0.1) is 5.69 Å². The summed E-state index contributed by atoms with van der Waals surface area (Å²) in [5.41, 5.74) is 2.62. The van der Waals surface area contributed by atoms with Crippen LogP contribution in [-0.2, 0) is 20.8 Å². The molecule has 0 radical (unpaired) electrons. The van der Waals surface area contributed by atoms with E-state index >= 15 is 0 Å². The number of nitrogens with one attached hydrogen (secondary N) is 2. The van der Waals surface area contributed by atoms with E-state index < -0.39 is 5.79 Å². The molecule has 3 aliphatic heterocycles. The van der Waals surface area contributed by atoms with Crippen LogP contribution in [0.3, 0.4) is 0 Å². The van der Waals surface area contributed by atoms with Gasteiger partial charge < -0.3 is 24.8 Å². The fourth-order valence-corrected chi connectivity index (χ4v) is 5.32. The van der Waals surface area contributed by atoms with Gasteiger partial charge in [-0.05, 0) is 43.0 Å². The molecule has 3 heterocycles. The topological polar surface area (TPSA) is 75.3 Å². The fourth-order valence-electron chi connectivity index (χ4n) is 5.32. The van der Waals surface area contributed by atoms with Gasteiger partial charge in [-0.3, -0.25) is 0 Å². The molecule has 2 N–H and O–H groups in total. The van der Waals surface area contributed by atoms with Crippen LogP contribution >= 0.6 is 0 Å². The van der Waals surface area contributed by atoms with E-state index in [0.717, 1.165) is 34.3 Å². The smallest absolute Gasteiger partial charge is 0.323 e. The lowest BCUT2D eigenvalue weighted by atomic mass is 10.1.